The van der Waals surface area contributed by atoms with Crippen LogP contribution in [0.1, 0.15) is 128 Å². The first-order valence-corrected chi connectivity index (χ1v) is 20.8. The van der Waals surface area contributed by atoms with Crippen LogP contribution in [0.15, 0.2) is 24.3 Å². The summed E-state index contributed by atoms with van der Waals surface area (Å²) in [5, 5.41) is 0. The summed E-state index contributed by atoms with van der Waals surface area (Å²) < 4.78 is 8.66. The van der Waals surface area contributed by atoms with Crippen LogP contribution in [-0.2, 0) is 0 Å². The Hall–Kier alpha value is 0.337. The standard InChI is InChI=1S/C30H48As2/c1-5-15-25(16-6-1)31(26-17-7-2-8-18-26)29-23-13-14-24-30(29)32(27-19-9-3-10-20-27)28-21-11-4-12-22-28/h13-14,23-28H,1-12,15-22H2. The molecule has 0 aromatic heterocycles. The third kappa shape index (κ3) is 5.76. The van der Waals surface area contributed by atoms with Gasteiger partial charge in [-0.1, -0.05) is 0 Å². The molecule has 0 saturated heterocycles. The predicted molar refractivity (Wildman–Crippen MR) is 145 cm³/mol. The van der Waals surface area contributed by atoms with Gasteiger partial charge in [0, 0.05) is 0 Å². The van der Waals surface area contributed by atoms with Crippen LogP contribution < -0.4 is 8.70 Å². The minimum atomic E-state index is -1.01. The van der Waals surface area contributed by atoms with E-state index < -0.39 is 29.3 Å². The van der Waals surface area contributed by atoms with E-state index >= 15 is 0 Å². The molecular formula is C30H48As2. The molecule has 0 aliphatic heterocycles. The van der Waals surface area contributed by atoms with E-state index in [1.54, 1.807) is 51.4 Å². The van der Waals surface area contributed by atoms with Crippen molar-refractivity contribution in [3.63, 3.8) is 0 Å². The number of hydrogen-bond acceptors (Lipinski definition) is 0. The summed E-state index contributed by atoms with van der Waals surface area (Å²) in [6, 6.07) is 10.4. The van der Waals surface area contributed by atoms with E-state index in [0.717, 1.165) is 18.8 Å². The zero-order valence-electron chi connectivity index (χ0n) is 20.7. The summed E-state index contributed by atoms with van der Waals surface area (Å²) in [7, 11) is 0. The van der Waals surface area contributed by atoms with Gasteiger partial charge in [0.25, 0.3) is 0 Å². The molecule has 0 nitrogen and oxygen atoms in total. The fourth-order valence-electron chi connectivity index (χ4n) is 7.72. The molecule has 0 unspecified atom stereocenters. The fraction of sp³-hybridized carbons (Fsp3) is 0.800. The molecule has 0 N–H and O–H groups in total. The number of benzene rings is 1. The maximum absolute atomic E-state index is 2.74. The van der Waals surface area contributed by atoms with E-state index in [1.165, 1.54) is 77.0 Å². The average Bonchev–Trinajstić information content (AvgIpc) is 2.88. The van der Waals surface area contributed by atoms with Crippen molar-refractivity contribution in [2.45, 2.75) is 147 Å². The summed E-state index contributed by atoms with van der Waals surface area (Å²) in [5.41, 5.74) is 0. The molecule has 4 aliphatic carbocycles. The van der Waals surface area contributed by atoms with Crippen LogP contribution in [0.3, 0.4) is 0 Å². The third-order valence-corrected chi connectivity index (χ3v) is 25.0. The first-order chi connectivity index (χ1) is 15.9. The van der Waals surface area contributed by atoms with Crippen molar-refractivity contribution in [2.75, 3.05) is 0 Å². The predicted octanol–water partition coefficient (Wildman–Crippen LogP) is 8.43. The van der Waals surface area contributed by atoms with Crippen LogP contribution in [0.4, 0.5) is 0 Å². The molecule has 5 rings (SSSR count). The van der Waals surface area contributed by atoms with E-state index in [4.69, 9.17) is 0 Å². The molecule has 2 heteroatoms. The van der Waals surface area contributed by atoms with Gasteiger partial charge in [0.1, 0.15) is 0 Å². The topological polar surface area (TPSA) is 0 Å². The van der Waals surface area contributed by atoms with Gasteiger partial charge in [-0.2, -0.15) is 0 Å². The van der Waals surface area contributed by atoms with Crippen molar-refractivity contribution in [2.24, 2.45) is 0 Å². The Morgan fingerprint density at radius 3 is 0.875 bits per heavy atom. The van der Waals surface area contributed by atoms with Crippen LogP contribution in [0, 0.1) is 0 Å². The van der Waals surface area contributed by atoms with Crippen molar-refractivity contribution in [3.8, 4) is 0 Å². The van der Waals surface area contributed by atoms with Gasteiger partial charge >= 0.3 is 210 Å². The Morgan fingerprint density at radius 1 is 0.375 bits per heavy atom. The third-order valence-electron chi connectivity index (χ3n) is 9.31. The van der Waals surface area contributed by atoms with E-state index in [0.29, 0.717) is 0 Å². The van der Waals surface area contributed by atoms with E-state index in [-0.39, 0.29) is 0 Å². The first kappa shape index (κ1) is 24.0. The quantitative estimate of drug-likeness (QED) is 0.308. The Labute approximate surface area is 208 Å². The van der Waals surface area contributed by atoms with Gasteiger partial charge < -0.3 is 0 Å². The summed E-state index contributed by atoms with van der Waals surface area (Å²) >= 11 is -2.03. The molecule has 0 amide bonds. The number of rotatable bonds is 6. The molecule has 0 bridgehead atoms. The zero-order valence-corrected chi connectivity index (χ0v) is 24.4. The molecular weight excluding hydrogens is 510 g/mol. The van der Waals surface area contributed by atoms with Crippen LogP contribution in [0.25, 0.3) is 0 Å². The second-order valence-corrected chi connectivity index (χ2v) is 23.0. The van der Waals surface area contributed by atoms with Gasteiger partial charge in [0.2, 0.25) is 0 Å². The minimum absolute atomic E-state index is 1.01. The summed E-state index contributed by atoms with van der Waals surface area (Å²) in [4.78, 5) is 0. The average molecular weight is 559 g/mol. The normalized spacial score (nSPS) is 25.6. The summed E-state index contributed by atoms with van der Waals surface area (Å²) in [6.45, 7) is 0. The van der Waals surface area contributed by atoms with E-state index in [2.05, 4.69) is 33.0 Å². The molecule has 4 saturated carbocycles. The second-order valence-electron chi connectivity index (χ2n) is 11.5. The van der Waals surface area contributed by atoms with Crippen molar-refractivity contribution in [1.29, 1.82) is 0 Å². The van der Waals surface area contributed by atoms with Crippen LogP contribution in [0.2, 0.25) is 18.8 Å². The molecule has 4 aliphatic rings. The summed E-state index contributed by atoms with van der Waals surface area (Å²) in [5.74, 6) is 0. The molecule has 0 radical (unpaired) electrons. The Kier molecular flexibility index (Phi) is 9.28. The van der Waals surface area contributed by atoms with Crippen molar-refractivity contribution in [1.82, 2.24) is 0 Å². The molecule has 4 fully saturated rings. The Balaban J connectivity index is 1.52. The second kappa shape index (κ2) is 12.3. The van der Waals surface area contributed by atoms with Crippen LogP contribution in [0.5, 0.6) is 0 Å². The first-order valence-electron chi connectivity index (χ1n) is 14.6. The van der Waals surface area contributed by atoms with Crippen LogP contribution >= 0.6 is 0 Å². The van der Waals surface area contributed by atoms with Crippen molar-refractivity contribution >= 4 is 38.0 Å². The Morgan fingerprint density at radius 2 is 0.625 bits per heavy atom. The van der Waals surface area contributed by atoms with Crippen molar-refractivity contribution in [3.05, 3.63) is 24.3 Å². The van der Waals surface area contributed by atoms with Gasteiger partial charge in [0.15, 0.2) is 0 Å². The van der Waals surface area contributed by atoms with Gasteiger partial charge in [0.05, 0.1) is 0 Å². The molecule has 178 valence electrons. The Bertz CT molecular complexity index is 581. The van der Waals surface area contributed by atoms with Gasteiger partial charge in [-0.15, -0.1) is 0 Å². The molecule has 1 aromatic carbocycles. The van der Waals surface area contributed by atoms with E-state index in [9.17, 15) is 0 Å². The molecule has 0 spiro atoms. The van der Waals surface area contributed by atoms with Crippen molar-refractivity contribution < 1.29 is 0 Å². The van der Waals surface area contributed by atoms with Gasteiger partial charge in [-0.25, -0.2) is 0 Å². The van der Waals surface area contributed by atoms with Crippen LogP contribution in [-0.4, -0.2) is 29.3 Å². The van der Waals surface area contributed by atoms with E-state index in [1.807, 2.05) is 0 Å². The zero-order chi connectivity index (χ0) is 21.6. The summed E-state index contributed by atoms with van der Waals surface area (Å²) in [6.07, 6.45) is 31.1. The maximum atomic E-state index is 2.74. The molecule has 0 atom stereocenters. The van der Waals surface area contributed by atoms with Gasteiger partial charge in [-0.3, -0.25) is 0 Å². The van der Waals surface area contributed by atoms with Gasteiger partial charge in [-0.05, 0) is 0 Å². The fourth-order valence-corrected chi connectivity index (χ4v) is 26.3. The number of hydrogen-bond donors (Lipinski definition) is 0. The SMILES string of the molecule is c1ccc([As](C2CCCCC2)C2CCCCC2)c([As](C2CCCCC2)C2CCCCC2)c1. The molecule has 1 aromatic rings. The molecule has 0 heterocycles. The monoisotopic (exact) mass is 558 g/mol. The molecule has 32 heavy (non-hydrogen) atoms.